The Morgan fingerprint density at radius 2 is 2.04 bits per heavy atom. The Balaban J connectivity index is 1.34. The zero-order chi connectivity index (χ0) is 17.9. The van der Waals surface area contributed by atoms with Gasteiger partial charge in [-0.25, -0.2) is 14.2 Å². The highest BCUT2D eigenvalue weighted by atomic mass is 19.1. The Labute approximate surface area is 153 Å². The van der Waals surface area contributed by atoms with E-state index in [1.165, 1.54) is 25.0 Å². The van der Waals surface area contributed by atoms with Crippen LogP contribution in [0.2, 0.25) is 0 Å². The van der Waals surface area contributed by atoms with Crippen molar-refractivity contribution in [3.05, 3.63) is 53.9 Å². The SMILES string of the molecule is O=C(NCc1ccc(F)cc1)N1CCC[C@@H](c2nccn2CC2CC2)C1. The van der Waals surface area contributed by atoms with Gasteiger partial charge in [-0.3, -0.25) is 0 Å². The van der Waals surface area contributed by atoms with E-state index in [0.29, 0.717) is 19.0 Å². The van der Waals surface area contributed by atoms with E-state index in [-0.39, 0.29) is 11.8 Å². The van der Waals surface area contributed by atoms with Crippen LogP contribution >= 0.6 is 0 Å². The van der Waals surface area contributed by atoms with Crippen molar-refractivity contribution in [2.75, 3.05) is 13.1 Å². The summed E-state index contributed by atoms with van der Waals surface area (Å²) in [5.74, 6) is 1.96. The third-order valence-corrected chi connectivity index (χ3v) is 5.33. The van der Waals surface area contributed by atoms with Gasteiger partial charge in [-0.15, -0.1) is 0 Å². The molecule has 2 aliphatic rings. The summed E-state index contributed by atoms with van der Waals surface area (Å²) in [4.78, 5) is 19.0. The van der Waals surface area contributed by atoms with Crippen LogP contribution in [0.1, 0.15) is 43.0 Å². The molecule has 2 fully saturated rings. The maximum atomic E-state index is 13.0. The van der Waals surface area contributed by atoms with Gasteiger partial charge in [0, 0.05) is 44.5 Å². The second-order valence-electron chi connectivity index (χ2n) is 7.45. The van der Waals surface area contributed by atoms with E-state index in [1.807, 2.05) is 11.1 Å². The topological polar surface area (TPSA) is 50.2 Å². The number of urea groups is 1. The number of hydrogen-bond donors (Lipinski definition) is 1. The third kappa shape index (κ3) is 4.06. The number of nitrogens with one attached hydrogen (secondary N) is 1. The molecule has 0 radical (unpaired) electrons. The minimum absolute atomic E-state index is 0.0562. The molecule has 2 amide bonds. The molecule has 0 spiro atoms. The summed E-state index contributed by atoms with van der Waals surface area (Å²) >= 11 is 0. The van der Waals surface area contributed by atoms with Crippen LogP contribution in [-0.2, 0) is 13.1 Å². The standard InChI is InChI=1S/C20H25FN4O/c21-18-7-5-15(6-8-18)12-23-20(26)25-10-1-2-17(14-25)19-22-9-11-24(19)13-16-3-4-16/h5-9,11,16-17H,1-4,10,12-14H2,(H,23,26)/t17-/m1/s1. The fourth-order valence-corrected chi connectivity index (χ4v) is 3.68. The lowest BCUT2D eigenvalue weighted by Crippen LogP contribution is -2.45. The summed E-state index contributed by atoms with van der Waals surface area (Å²) in [6.45, 7) is 2.95. The predicted octanol–water partition coefficient (Wildman–Crippen LogP) is 3.52. The Hall–Kier alpha value is -2.37. The van der Waals surface area contributed by atoms with Crippen molar-refractivity contribution < 1.29 is 9.18 Å². The summed E-state index contributed by atoms with van der Waals surface area (Å²) in [6.07, 6.45) is 8.65. The van der Waals surface area contributed by atoms with Crippen molar-refractivity contribution in [2.45, 2.75) is 44.7 Å². The summed E-state index contributed by atoms with van der Waals surface area (Å²) in [6, 6.07) is 6.17. The molecule has 1 N–H and O–H groups in total. The van der Waals surface area contributed by atoms with Crippen LogP contribution in [0.4, 0.5) is 9.18 Å². The van der Waals surface area contributed by atoms with Crippen molar-refractivity contribution in [3.63, 3.8) is 0 Å². The van der Waals surface area contributed by atoms with Gasteiger partial charge in [0.1, 0.15) is 11.6 Å². The fraction of sp³-hybridized carbons (Fsp3) is 0.500. The molecule has 4 rings (SSSR count). The van der Waals surface area contributed by atoms with Crippen molar-refractivity contribution in [1.82, 2.24) is 19.8 Å². The number of imidazole rings is 1. The number of aromatic nitrogens is 2. The number of piperidine rings is 1. The summed E-state index contributed by atoms with van der Waals surface area (Å²) in [7, 11) is 0. The number of halogens is 1. The zero-order valence-corrected chi connectivity index (χ0v) is 14.9. The number of likely N-dealkylation sites (tertiary alicyclic amines) is 1. The molecular formula is C20H25FN4O. The van der Waals surface area contributed by atoms with E-state index >= 15 is 0 Å². The predicted molar refractivity (Wildman–Crippen MR) is 97.1 cm³/mol. The van der Waals surface area contributed by atoms with E-state index in [1.54, 1.807) is 12.1 Å². The monoisotopic (exact) mass is 356 g/mol. The molecule has 26 heavy (non-hydrogen) atoms. The third-order valence-electron chi connectivity index (χ3n) is 5.33. The molecule has 0 bridgehead atoms. The number of rotatable bonds is 5. The lowest BCUT2D eigenvalue weighted by Gasteiger charge is -2.32. The van der Waals surface area contributed by atoms with Gasteiger partial charge in [0.05, 0.1) is 0 Å². The minimum Gasteiger partial charge on any atom is -0.334 e. The second kappa shape index (κ2) is 7.48. The highest BCUT2D eigenvalue weighted by Gasteiger charge is 2.29. The first-order valence-electron chi connectivity index (χ1n) is 9.47. The Morgan fingerprint density at radius 1 is 1.23 bits per heavy atom. The molecule has 0 unspecified atom stereocenters. The molecule has 1 saturated carbocycles. The Morgan fingerprint density at radius 3 is 2.81 bits per heavy atom. The molecule has 1 saturated heterocycles. The summed E-state index contributed by atoms with van der Waals surface area (Å²) < 4.78 is 15.2. The molecule has 1 aromatic heterocycles. The van der Waals surface area contributed by atoms with Crippen molar-refractivity contribution in [3.8, 4) is 0 Å². The molecule has 5 nitrogen and oxygen atoms in total. The first-order chi connectivity index (χ1) is 12.7. The Kier molecular flexibility index (Phi) is 4.91. The number of benzene rings is 1. The van der Waals surface area contributed by atoms with Crippen molar-refractivity contribution in [1.29, 1.82) is 0 Å². The van der Waals surface area contributed by atoms with Crippen molar-refractivity contribution >= 4 is 6.03 Å². The lowest BCUT2D eigenvalue weighted by molar-refractivity contribution is 0.177. The van der Waals surface area contributed by atoms with Crippen LogP contribution in [0, 0.1) is 11.7 Å². The van der Waals surface area contributed by atoms with Crippen LogP contribution in [-0.4, -0.2) is 33.6 Å². The van der Waals surface area contributed by atoms with Crippen LogP contribution in [0.15, 0.2) is 36.7 Å². The molecule has 138 valence electrons. The van der Waals surface area contributed by atoms with Gasteiger partial charge in [0.15, 0.2) is 0 Å². The van der Waals surface area contributed by atoms with Gasteiger partial charge < -0.3 is 14.8 Å². The number of carbonyl (C=O) groups excluding carboxylic acids is 1. The van der Waals surface area contributed by atoms with Crippen molar-refractivity contribution in [2.24, 2.45) is 5.92 Å². The van der Waals surface area contributed by atoms with Gasteiger partial charge in [-0.1, -0.05) is 12.1 Å². The van der Waals surface area contributed by atoms with Gasteiger partial charge >= 0.3 is 6.03 Å². The zero-order valence-electron chi connectivity index (χ0n) is 14.9. The molecule has 1 aromatic carbocycles. The molecule has 2 heterocycles. The van der Waals surface area contributed by atoms with Crippen LogP contribution in [0.5, 0.6) is 0 Å². The Bertz CT molecular complexity index is 753. The molecule has 1 aliphatic heterocycles. The number of carbonyl (C=O) groups is 1. The maximum absolute atomic E-state index is 13.0. The van der Waals surface area contributed by atoms with E-state index in [4.69, 9.17) is 0 Å². The molecule has 1 atom stereocenters. The van der Waals surface area contributed by atoms with E-state index < -0.39 is 0 Å². The normalized spacial score (nSPS) is 20.2. The summed E-state index contributed by atoms with van der Waals surface area (Å²) in [5.41, 5.74) is 0.897. The lowest BCUT2D eigenvalue weighted by atomic mass is 9.97. The number of nitrogens with zero attached hydrogens (tertiary/aromatic N) is 3. The molecule has 6 heteroatoms. The molecule has 1 aliphatic carbocycles. The number of amides is 2. The van der Waals surface area contributed by atoms with E-state index in [0.717, 1.165) is 43.2 Å². The number of hydrogen-bond acceptors (Lipinski definition) is 2. The largest absolute Gasteiger partial charge is 0.334 e. The fourth-order valence-electron chi connectivity index (χ4n) is 3.68. The first kappa shape index (κ1) is 17.1. The molecular weight excluding hydrogens is 331 g/mol. The van der Waals surface area contributed by atoms with Crippen LogP contribution < -0.4 is 5.32 Å². The van der Waals surface area contributed by atoms with Crippen LogP contribution in [0.3, 0.4) is 0 Å². The van der Waals surface area contributed by atoms with Gasteiger partial charge in [0.25, 0.3) is 0 Å². The average molecular weight is 356 g/mol. The van der Waals surface area contributed by atoms with E-state index in [9.17, 15) is 9.18 Å². The van der Waals surface area contributed by atoms with Gasteiger partial charge in [-0.2, -0.15) is 0 Å². The van der Waals surface area contributed by atoms with Gasteiger partial charge in [-0.05, 0) is 49.3 Å². The highest BCUT2D eigenvalue weighted by molar-refractivity contribution is 5.74. The smallest absolute Gasteiger partial charge is 0.317 e. The quantitative estimate of drug-likeness (QED) is 0.891. The molecule has 2 aromatic rings. The first-order valence-corrected chi connectivity index (χ1v) is 9.47. The average Bonchev–Trinajstić information content (AvgIpc) is 3.36. The van der Waals surface area contributed by atoms with E-state index in [2.05, 4.69) is 21.1 Å². The summed E-state index contributed by atoms with van der Waals surface area (Å²) in [5, 5.41) is 2.95. The second-order valence-corrected chi connectivity index (χ2v) is 7.45. The minimum atomic E-state index is -0.263. The van der Waals surface area contributed by atoms with Crippen LogP contribution in [0.25, 0.3) is 0 Å². The highest BCUT2D eigenvalue weighted by Crippen LogP contribution is 2.33. The maximum Gasteiger partial charge on any atom is 0.317 e. The van der Waals surface area contributed by atoms with Gasteiger partial charge in [0.2, 0.25) is 0 Å².